The van der Waals surface area contributed by atoms with Gasteiger partial charge in [0.15, 0.2) is 5.78 Å². The molecule has 0 fully saturated rings. The molecule has 0 unspecified atom stereocenters. The molecule has 1 aromatic heterocycles. The SMILES string of the molecule is CC(C)(C)C(=O)/C=C(\O)C(C)(C)C.Cc1cc(C)c2c(ccc3c(-c4[c-]cccc4)nc(C)nc32)c1.[Ir]. The quantitative estimate of drug-likeness (QED) is 0.101. The van der Waals surface area contributed by atoms with E-state index in [-0.39, 0.29) is 37.1 Å². The second-order valence-corrected chi connectivity index (χ2v) is 11.4. The first kappa shape index (κ1) is 30.3. The third-order valence-electron chi connectivity index (χ3n) is 5.97. The Morgan fingerprint density at radius 2 is 1.59 bits per heavy atom. The number of aliphatic hydroxyl groups is 1. The van der Waals surface area contributed by atoms with Crippen LogP contribution in [0.1, 0.15) is 58.5 Å². The number of benzene rings is 3. The van der Waals surface area contributed by atoms with Gasteiger partial charge in [0.25, 0.3) is 0 Å². The molecule has 37 heavy (non-hydrogen) atoms. The van der Waals surface area contributed by atoms with E-state index in [1.54, 1.807) is 0 Å². The largest absolute Gasteiger partial charge is 0.512 e. The zero-order valence-electron chi connectivity index (χ0n) is 23.3. The molecule has 0 aliphatic rings. The Morgan fingerprint density at radius 3 is 2.16 bits per heavy atom. The molecule has 0 atom stereocenters. The first-order chi connectivity index (χ1) is 16.7. The van der Waals surface area contributed by atoms with Gasteiger partial charge in [-0.3, -0.25) is 9.78 Å². The maximum atomic E-state index is 11.5. The van der Waals surface area contributed by atoms with Crippen LogP contribution in [0.15, 0.2) is 60.4 Å². The summed E-state index contributed by atoms with van der Waals surface area (Å²) in [6.45, 7) is 17.4. The normalized spacial score (nSPS) is 12.1. The third kappa shape index (κ3) is 7.34. The van der Waals surface area contributed by atoms with E-state index in [0.717, 1.165) is 28.0 Å². The molecule has 5 heteroatoms. The average molecular weight is 674 g/mol. The number of aryl methyl sites for hydroxylation is 3. The van der Waals surface area contributed by atoms with Gasteiger partial charge in [-0.1, -0.05) is 71.4 Å². The average Bonchev–Trinajstić information content (AvgIpc) is 2.77. The van der Waals surface area contributed by atoms with Crippen molar-refractivity contribution in [2.75, 3.05) is 0 Å². The Labute approximate surface area is 234 Å². The zero-order chi connectivity index (χ0) is 26.8. The molecular weight excluding hydrogens is 637 g/mol. The van der Waals surface area contributed by atoms with Gasteiger partial charge in [-0.05, 0) is 42.8 Å². The number of ketones is 1. The molecule has 4 nitrogen and oxygen atoms in total. The van der Waals surface area contributed by atoms with Crippen LogP contribution in [-0.2, 0) is 24.9 Å². The predicted molar refractivity (Wildman–Crippen MR) is 150 cm³/mol. The summed E-state index contributed by atoms with van der Waals surface area (Å²) in [6, 6.07) is 20.0. The number of carbonyl (C=O) groups is 1. The van der Waals surface area contributed by atoms with Crippen molar-refractivity contribution in [2.45, 2.75) is 62.3 Å². The number of rotatable bonds is 2. The van der Waals surface area contributed by atoms with E-state index in [1.165, 1.54) is 28.0 Å². The van der Waals surface area contributed by atoms with E-state index < -0.39 is 5.41 Å². The summed E-state index contributed by atoms with van der Waals surface area (Å²) in [5.74, 6) is 0.893. The Kier molecular flexibility index (Phi) is 9.57. The maximum Gasteiger partial charge on any atom is 0.164 e. The Morgan fingerprint density at radius 1 is 0.919 bits per heavy atom. The van der Waals surface area contributed by atoms with Crippen molar-refractivity contribution < 1.29 is 30.0 Å². The van der Waals surface area contributed by atoms with Crippen LogP contribution in [0.2, 0.25) is 0 Å². The molecule has 3 aromatic carbocycles. The summed E-state index contributed by atoms with van der Waals surface area (Å²) in [4.78, 5) is 20.9. The molecule has 0 spiro atoms. The number of carbonyl (C=O) groups excluding carboxylic acids is 1. The summed E-state index contributed by atoms with van der Waals surface area (Å²) in [7, 11) is 0. The van der Waals surface area contributed by atoms with Gasteiger partial charge in [-0.2, -0.15) is 0 Å². The van der Waals surface area contributed by atoms with E-state index in [9.17, 15) is 9.90 Å². The van der Waals surface area contributed by atoms with Gasteiger partial charge in [-0.25, -0.2) is 4.98 Å². The van der Waals surface area contributed by atoms with E-state index in [0.29, 0.717) is 0 Å². The van der Waals surface area contributed by atoms with Crippen LogP contribution in [0, 0.1) is 37.7 Å². The molecule has 0 saturated heterocycles. The van der Waals surface area contributed by atoms with Gasteiger partial charge in [0.1, 0.15) is 11.6 Å². The van der Waals surface area contributed by atoms with E-state index in [1.807, 2.05) is 72.7 Å². The van der Waals surface area contributed by atoms with Crippen molar-refractivity contribution >= 4 is 27.5 Å². The smallest absolute Gasteiger partial charge is 0.164 e. The Balaban J connectivity index is 0.000000299. The number of fused-ring (bicyclic) bond motifs is 3. The van der Waals surface area contributed by atoms with Crippen molar-refractivity contribution in [1.82, 2.24) is 9.97 Å². The van der Waals surface area contributed by atoms with Gasteiger partial charge >= 0.3 is 0 Å². The Hall–Kier alpha value is -2.88. The number of allylic oxidation sites excluding steroid dienone is 2. The molecule has 4 rings (SSSR count). The fourth-order valence-electron chi connectivity index (χ4n) is 3.86. The first-order valence-electron chi connectivity index (χ1n) is 12.3. The molecule has 0 bridgehead atoms. The van der Waals surface area contributed by atoms with Crippen molar-refractivity contribution in [3.05, 3.63) is 83.4 Å². The number of hydrogen-bond acceptors (Lipinski definition) is 4. The molecule has 0 aliphatic carbocycles. The van der Waals surface area contributed by atoms with Crippen LogP contribution in [0.3, 0.4) is 0 Å². The molecule has 1 N–H and O–H groups in total. The van der Waals surface area contributed by atoms with Gasteiger partial charge < -0.3 is 5.11 Å². The molecule has 1 heterocycles. The minimum Gasteiger partial charge on any atom is -0.512 e. The minimum absolute atomic E-state index is 0. The topological polar surface area (TPSA) is 63.1 Å². The second-order valence-electron chi connectivity index (χ2n) is 11.4. The third-order valence-corrected chi connectivity index (χ3v) is 5.97. The fourth-order valence-corrected chi connectivity index (χ4v) is 3.86. The molecule has 197 valence electrons. The second kappa shape index (κ2) is 11.7. The molecule has 0 saturated carbocycles. The van der Waals surface area contributed by atoms with E-state index >= 15 is 0 Å². The summed E-state index contributed by atoms with van der Waals surface area (Å²) in [6.07, 6.45) is 1.33. The standard InChI is InChI=1S/C21H17N2.C11H20O2.Ir/c1-13-11-14(2)19-17(12-13)9-10-18-20(16-7-5-4-6-8-16)22-15(3)23-21(18)19;1-10(2,3)8(12)7-9(13)11(4,5)6;/h4-7,9-12H,1-3H3;7,12H,1-6H3;/q-1;;/b;8-7-;. The monoisotopic (exact) mass is 674 g/mol. The molecular formula is C32H37IrN2O2-. The summed E-state index contributed by atoms with van der Waals surface area (Å²) < 4.78 is 0. The van der Waals surface area contributed by atoms with Gasteiger partial charge in [0, 0.05) is 42.4 Å². The first-order valence-corrected chi connectivity index (χ1v) is 12.3. The summed E-state index contributed by atoms with van der Waals surface area (Å²) in [5, 5.41) is 13.1. The van der Waals surface area contributed by atoms with Crippen molar-refractivity contribution in [1.29, 1.82) is 0 Å². The van der Waals surface area contributed by atoms with Gasteiger partial charge in [0.2, 0.25) is 0 Å². The number of aliphatic hydroxyl groups excluding tert-OH is 1. The van der Waals surface area contributed by atoms with Crippen LogP contribution in [0.4, 0.5) is 0 Å². The van der Waals surface area contributed by atoms with Crippen molar-refractivity contribution in [3.8, 4) is 11.3 Å². The number of nitrogens with zero attached hydrogens (tertiary/aromatic N) is 2. The predicted octanol–water partition coefficient (Wildman–Crippen LogP) is 8.26. The van der Waals surface area contributed by atoms with Crippen LogP contribution in [0.5, 0.6) is 0 Å². The van der Waals surface area contributed by atoms with Crippen LogP contribution < -0.4 is 0 Å². The minimum atomic E-state index is -0.417. The van der Waals surface area contributed by atoms with Crippen LogP contribution >= 0.6 is 0 Å². The van der Waals surface area contributed by atoms with Gasteiger partial charge in [-0.15, -0.1) is 35.9 Å². The molecule has 1 radical (unpaired) electrons. The summed E-state index contributed by atoms with van der Waals surface area (Å²) in [5.41, 5.74) is 4.76. The molecule has 4 aromatic rings. The fraction of sp³-hybridized carbons (Fsp3) is 0.344. The van der Waals surface area contributed by atoms with E-state index in [2.05, 4.69) is 49.2 Å². The maximum absolute atomic E-state index is 11.5. The van der Waals surface area contributed by atoms with Crippen LogP contribution in [-0.4, -0.2) is 20.9 Å². The summed E-state index contributed by atoms with van der Waals surface area (Å²) >= 11 is 0. The van der Waals surface area contributed by atoms with E-state index in [4.69, 9.17) is 4.98 Å². The van der Waals surface area contributed by atoms with Crippen LogP contribution in [0.25, 0.3) is 32.9 Å². The number of hydrogen-bond donors (Lipinski definition) is 1. The molecule has 0 amide bonds. The van der Waals surface area contributed by atoms with Gasteiger partial charge in [0.05, 0.1) is 5.52 Å². The van der Waals surface area contributed by atoms with Crippen molar-refractivity contribution in [2.24, 2.45) is 10.8 Å². The zero-order valence-corrected chi connectivity index (χ0v) is 25.7. The molecule has 0 aliphatic heterocycles. The Bertz CT molecular complexity index is 1440. The van der Waals surface area contributed by atoms with Crippen molar-refractivity contribution in [3.63, 3.8) is 0 Å². The number of aromatic nitrogens is 2.